The third-order valence-corrected chi connectivity index (χ3v) is 17.1. The number of hydrogen-bond donors (Lipinski definition) is 0. The Morgan fingerprint density at radius 3 is 0.911 bits per heavy atom. The summed E-state index contributed by atoms with van der Waals surface area (Å²) >= 11 is 0. The van der Waals surface area contributed by atoms with Crippen LogP contribution in [0.3, 0.4) is 0 Å². The Balaban J connectivity index is 0.000000245. The van der Waals surface area contributed by atoms with E-state index < -0.39 is 0 Å². The van der Waals surface area contributed by atoms with Gasteiger partial charge in [0.05, 0.1) is 33.5 Å². The summed E-state index contributed by atoms with van der Waals surface area (Å²) < 4.78 is 0. The SMILES string of the molecule is CC(C)C.CC(C)C.CC(C)C.CC(C)C.CC(C)C.CC(C)C.CC(C)C.Cc1cc2cc3ccccc3cc2cn1.Cc1cc2ccccc2c(C)n1.Cc1cc2ccccc2c(C)n1.Cc1ccc2cc3ccccc3cc2n1.Cc1ccc2ccc3ccccc3c2n1.Cc1nc2ccccc2nc1C.Cc1nccc2cc3ccccc3cc12. The summed E-state index contributed by atoms with van der Waals surface area (Å²) in [6.45, 7) is 65.7. The molecule has 0 N–H and O–H groups in total. The summed E-state index contributed by atoms with van der Waals surface area (Å²) in [5.74, 6) is 5.83. The van der Waals surface area contributed by atoms with Crippen LogP contribution in [0.2, 0.25) is 0 Å². The van der Waals surface area contributed by atoms with Crippen molar-refractivity contribution in [3.63, 3.8) is 0 Å². The van der Waals surface area contributed by atoms with Crippen molar-refractivity contribution < 1.29 is 0 Å². The van der Waals surface area contributed by atoms with Crippen LogP contribution < -0.4 is 0 Å². The van der Waals surface area contributed by atoms with Gasteiger partial charge in [-0.1, -0.05) is 327 Å². The van der Waals surface area contributed by atoms with Crippen LogP contribution in [-0.2, 0) is 0 Å². The molecule has 18 rings (SSSR count). The van der Waals surface area contributed by atoms with E-state index in [1.54, 1.807) is 0 Å². The second-order valence-electron chi connectivity index (χ2n) is 36.5. The van der Waals surface area contributed by atoms with Crippen LogP contribution in [0.25, 0.3) is 119 Å². The third kappa shape index (κ3) is 37.5. The maximum absolute atomic E-state index is 4.60. The largest absolute Gasteiger partial charge is 0.261 e. The third-order valence-electron chi connectivity index (χ3n) is 17.1. The zero-order valence-electron chi connectivity index (χ0n) is 81.2. The Morgan fingerprint density at radius 1 is 0.169 bits per heavy atom. The normalized spacial score (nSPS) is 10.4. The van der Waals surface area contributed by atoms with Gasteiger partial charge >= 0.3 is 0 Å². The smallest absolute Gasteiger partial charge is 0.0890 e. The molecule has 11 aromatic carbocycles. The molecule has 0 amide bonds. The molecule has 650 valence electrons. The van der Waals surface area contributed by atoms with Gasteiger partial charge in [0.15, 0.2) is 0 Å². The zero-order chi connectivity index (χ0) is 91.7. The lowest BCUT2D eigenvalue weighted by atomic mass is 10.0. The van der Waals surface area contributed by atoms with E-state index in [0.29, 0.717) is 0 Å². The van der Waals surface area contributed by atoms with Crippen molar-refractivity contribution in [1.29, 1.82) is 0 Å². The molecule has 0 aliphatic heterocycles. The predicted octanol–water partition coefficient (Wildman–Crippen LogP) is 34.4. The van der Waals surface area contributed by atoms with Crippen LogP contribution in [0.4, 0.5) is 0 Å². The number of para-hydroxylation sites is 2. The summed E-state index contributed by atoms with van der Waals surface area (Å²) in [6, 6.07) is 92.4. The molecular formula is C116H146N8. The fraction of sp³-hybridized carbons (Fsp3) is 0.328. The number of nitrogens with zero attached hydrogens (tertiary/aromatic N) is 8. The molecule has 0 bridgehead atoms. The van der Waals surface area contributed by atoms with Crippen LogP contribution in [0.15, 0.2) is 279 Å². The topological polar surface area (TPSA) is 103 Å². The maximum atomic E-state index is 4.60. The van der Waals surface area contributed by atoms with E-state index in [9.17, 15) is 0 Å². The maximum Gasteiger partial charge on any atom is 0.0890 e. The number of benzene rings is 11. The van der Waals surface area contributed by atoms with E-state index in [4.69, 9.17) is 0 Å². The molecule has 0 aliphatic rings. The summed E-state index contributed by atoms with van der Waals surface area (Å²) in [6.07, 6.45) is 3.81. The zero-order valence-corrected chi connectivity index (χ0v) is 81.2. The molecule has 0 atom stereocenters. The minimum absolute atomic E-state index is 0.833. The minimum Gasteiger partial charge on any atom is -0.261 e. The molecular weight excluding hydrogens is 1510 g/mol. The molecule has 0 aliphatic carbocycles. The van der Waals surface area contributed by atoms with Gasteiger partial charge in [-0.2, -0.15) is 0 Å². The lowest BCUT2D eigenvalue weighted by Gasteiger charge is -2.03. The van der Waals surface area contributed by atoms with Crippen molar-refractivity contribution in [2.24, 2.45) is 41.4 Å². The number of rotatable bonds is 0. The van der Waals surface area contributed by atoms with Gasteiger partial charge in [-0.05, 0) is 255 Å². The second-order valence-corrected chi connectivity index (χ2v) is 36.5. The molecule has 18 aromatic rings. The van der Waals surface area contributed by atoms with Crippen molar-refractivity contribution in [2.45, 2.75) is 215 Å². The van der Waals surface area contributed by atoms with Crippen molar-refractivity contribution in [2.75, 3.05) is 0 Å². The summed E-state index contributed by atoms with van der Waals surface area (Å²) in [5.41, 5.74) is 14.9. The van der Waals surface area contributed by atoms with E-state index in [1.807, 2.05) is 97.3 Å². The van der Waals surface area contributed by atoms with Crippen molar-refractivity contribution >= 4 is 119 Å². The molecule has 7 heterocycles. The average Bonchev–Trinajstić information content (AvgIpc) is 0.797. The molecule has 8 heteroatoms. The first-order chi connectivity index (χ1) is 58.8. The molecule has 0 saturated heterocycles. The van der Waals surface area contributed by atoms with Gasteiger partial charge in [0, 0.05) is 95.6 Å². The summed E-state index contributed by atoms with van der Waals surface area (Å²) in [5, 5.41) is 22.6. The number of aromatic nitrogens is 8. The fourth-order valence-corrected chi connectivity index (χ4v) is 12.1. The highest BCUT2D eigenvalue weighted by Gasteiger charge is 2.06. The summed E-state index contributed by atoms with van der Waals surface area (Å²) in [4.78, 5) is 35.4. The van der Waals surface area contributed by atoms with Gasteiger partial charge in [-0.25, -0.2) is 9.97 Å². The number of pyridine rings is 6. The Hall–Kier alpha value is -11.7. The van der Waals surface area contributed by atoms with Gasteiger partial charge in [0.2, 0.25) is 0 Å². The van der Waals surface area contributed by atoms with Crippen LogP contribution in [0, 0.1) is 111 Å². The monoisotopic (exact) mass is 1650 g/mol. The molecule has 7 aromatic heterocycles. The van der Waals surface area contributed by atoms with Crippen molar-refractivity contribution in [1.82, 2.24) is 39.9 Å². The van der Waals surface area contributed by atoms with E-state index in [0.717, 1.165) is 120 Å². The van der Waals surface area contributed by atoms with Crippen LogP contribution >= 0.6 is 0 Å². The second kappa shape index (κ2) is 53.3. The average molecular weight is 1650 g/mol. The van der Waals surface area contributed by atoms with Gasteiger partial charge < -0.3 is 0 Å². The predicted molar refractivity (Wildman–Crippen MR) is 551 cm³/mol. The number of hydrogen-bond acceptors (Lipinski definition) is 8. The van der Waals surface area contributed by atoms with Gasteiger partial charge in [-0.15, -0.1) is 0 Å². The number of aryl methyl sites for hydroxylation is 10. The van der Waals surface area contributed by atoms with Gasteiger partial charge in [0.1, 0.15) is 0 Å². The Morgan fingerprint density at radius 2 is 0.476 bits per heavy atom. The number of fused-ring (bicyclic) bond motifs is 12. The molecule has 0 fully saturated rings. The highest BCUT2D eigenvalue weighted by atomic mass is 14.8. The Bertz CT molecular complexity index is 5870. The van der Waals surface area contributed by atoms with Crippen molar-refractivity contribution in [3.8, 4) is 0 Å². The molecule has 0 saturated carbocycles. The first kappa shape index (κ1) is 103. The highest BCUT2D eigenvalue weighted by molar-refractivity contribution is 6.05. The van der Waals surface area contributed by atoms with Crippen LogP contribution in [0.5, 0.6) is 0 Å². The molecule has 124 heavy (non-hydrogen) atoms. The standard InChI is InChI=1S/4C14H11N.2C11H11N.C10H10N2.7C4H10/c1-10-6-13-7-11-4-2-3-5-12(11)8-14(13)9-15-10;1-10-14-9-12-5-3-2-4-11(12)8-13(14)6-7-15-10;1-10-6-7-13-8-11-4-2-3-5-12(11)9-14(13)15-10;1-10-6-7-12-9-8-11-4-2-3-5-13(11)14(12)15-10;2*1-8-7-10-5-3-4-6-11(10)9(2)12-8;1-7-8(2)12-10-6-4-3-5-9(10)11-7;7*1-4(2)3/h4*2-9H,1H3;2*3-7H,1-2H3;3-6H,1-2H3;7*4H,1-3H3. The first-order valence-corrected chi connectivity index (χ1v) is 44.7. The van der Waals surface area contributed by atoms with E-state index >= 15 is 0 Å². The lowest BCUT2D eigenvalue weighted by Crippen LogP contribution is -1.92. The Labute approximate surface area is 746 Å². The first-order valence-electron chi connectivity index (χ1n) is 44.7. The lowest BCUT2D eigenvalue weighted by molar-refractivity contribution is 0.736. The highest BCUT2D eigenvalue weighted by Crippen LogP contribution is 2.28. The van der Waals surface area contributed by atoms with Gasteiger partial charge in [-0.3, -0.25) is 29.9 Å². The molecule has 0 unspecified atom stereocenters. The van der Waals surface area contributed by atoms with Gasteiger partial charge in [0.25, 0.3) is 0 Å². The Kier molecular flexibility index (Phi) is 44.2. The summed E-state index contributed by atoms with van der Waals surface area (Å²) in [7, 11) is 0. The fourth-order valence-electron chi connectivity index (χ4n) is 12.1. The van der Waals surface area contributed by atoms with Crippen molar-refractivity contribution in [3.05, 3.63) is 336 Å². The van der Waals surface area contributed by atoms with Crippen LogP contribution in [0.1, 0.15) is 202 Å². The molecule has 0 spiro atoms. The molecule has 0 radical (unpaired) electrons. The van der Waals surface area contributed by atoms with E-state index in [1.165, 1.54) is 97.0 Å². The molecule has 8 nitrogen and oxygen atoms in total. The minimum atomic E-state index is 0.833. The van der Waals surface area contributed by atoms with Crippen LogP contribution in [-0.4, -0.2) is 39.9 Å². The quantitative estimate of drug-likeness (QED) is 0.109. The van der Waals surface area contributed by atoms with E-state index in [2.05, 4.69) is 437 Å². The van der Waals surface area contributed by atoms with E-state index in [-0.39, 0.29) is 0 Å².